The molecule has 2 aromatic heterocycles. The topological polar surface area (TPSA) is 94.1 Å². The standard InChI is InChI=1S/C24H23N5O3/c1-14-8-9-18(10-15(14)2)29-12-17(11-22(29)30)23-26-21(27-32-23)13-28-16(3)25-20-7-5-4-6-19(20)24(28)31/h4-10,17H,11-13H2,1-3H3. The van der Waals surface area contributed by atoms with Crippen molar-refractivity contribution < 1.29 is 9.32 Å². The van der Waals surface area contributed by atoms with Crippen molar-refractivity contribution in [1.29, 1.82) is 0 Å². The molecule has 0 N–H and O–H groups in total. The Bertz CT molecular complexity index is 1400. The molecule has 1 saturated heterocycles. The van der Waals surface area contributed by atoms with Crippen molar-refractivity contribution in [1.82, 2.24) is 19.7 Å². The van der Waals surface area contributed by atoms with Crippen LogP contribution in [0.3, 0.4) is 0 Å². The quantitative estimate of drug-likeness (QED) is 0.494. The summed E-state index contributed by atoms with van der Waals surface area (Å²) in [5, 5.41) is 4.61. The van der Waals surface area contributed by atoms with Crippen molar-refractivity contribution in [3.05, 3.63) is 81.5 Å². The molecule has 1 fully saturated rings. The van der Waals surface area contributed by atoms with E-state index >= 15 is 0 Å². The lowest BCUT2D eigenvalue weighted by atomic mass is 10.1. The van der Waals surface area contributed by atoms with E-state index in [1.54, 1.807) is 17.9 Å². The van der Waals surface area contributed by atoms with Gasteiger partial charge in [0, 0.05) is 18.7 Å². The molecule has 1 atom stereocenters. The van der Waals surface area contributed by atoms with E-state index in [9.17, 15) is 9.59 Å². The van der Waals surface area contributed by atoms with Crippen LogP contribution in [-0.4, -0.2) is 32.1 Å². The molecule has 0 aliphatic carbocycles. The summed E-state index contributed by atoms with van der Waals surface area (Å²) in [4.78, 5) is 36.3. The molecule has 8 nitrogen and oxygen atoms in total. The van der Waals surface area contributed by atoms with E-state index < -0.39 is 0 Å². The number of aryl methyl sites for hydroxylation is 3. The van der Waals surface area contributed by atoms with Crippen LogP contribution in [0.25, 0.3) is 10.9 Å². The predicted octanol–water partition coefficient (Wildman–Crippen LogP) is 3.27. The molecule has 1 unspecified atom stereocenters. The van der Waals surface area contributed by atoms with Gasteiger partial charge in [0.1, 0.15) is 5.82 Å². The molecule has 0 saturated carbocycles. The zero-order chi connectivity index (χ0) is 22.4. The number of nitrogens with zero attached hydrogens (tertiary/aromatic N) is 5. The second-order valence-corrected chi connectivity index (χ2v) is 8.29. The number of rotatable bonds is 4. The van der Waals surface area contributed by atoms with E-state index in [1.807, 2.05) is 50.2 Å². The highest BCUT2D eigenvalue weighted by Gasteiger charge is 2.35. The SMILES string of the molecule is Cc1ccc(N2CC(c3nc(Cn4c(C)nc5ccccc5c4=O)no3)CC2=O)cc1C. The van der Waals surface area contributed by atoms with E-state index in [0.29, 0.717) is 41.4 Å². The number of benzene rings is 2. The molecule has 0 radical (unpaired) electrons. The lowest BCUT2D eigenvalue weighted by Crippen LogP contribution is -2.25. The number of aromatic nitrogens is 4. The number of carbonyl (C=O) groups excluding carboxylic acids is 1. The summed E-state index contributed by atoms with van der Waals surface area (Å²) >= 11 is 0. The van der Waals surface area contributed by atoms with Crippen molar-refractivity contribution in [2.45, 2.75) is 39.7 Å². The van der Waals surface area contributed by atoms with Gasteiger partial charge in [-0.05, 0) is 56.2 Å². The Kier molecular flexibility index (Phi) is 4.84. The zero-order valence-electron chi connectivity index (χ0n) is 18.2. The largest absolute Gasteiger partial charge is 0.339 e. The minimum atomic E-state index is -0.182. The fraction of sp³-hybridized carbons (Fsp3) is 0.292. The Morgan fingerprint density at radius 1 is 1.03 bits per heavy atom. The van der Waals surface area contributed by atoms with Crippen LogP contribution in [0.1, 0.15) is 41.0 Å². The summed E-state index contributed by atoms with van der Waals surface area (Å²) in [5.41, 5.74) is 3.73. The van der Waals surface area contributed by atoms with Crippen LogP contribution in [0.15, 0.2) is 51.8 Å². The molecule has 1 aliphatic rings. The van der Waals surface area contributed by atoms with Crippen LogP contribution in [0, 0.1) is 20.8 Å². The van der Waals surface area contributed by atoms with Gasteiger partial charge < -0.3 is 9.42 Å². The van der Waals surface area contributed by atoms with Crippen LogP contribution in [0.5, 0.6) is 0 Å². The molecule has 0 spiro atoms. The number of hydrogen-bond donors (Lipinski definition) is 0. The zero-order valence-corrected chi connectivity index (χ0v) is 18.2. The Hall–Kier alpha value is -3.81. The van der Waals surface area contributed by atoms with E-state index in [-0.39, 0.29) is 23.9 Å². The third kappa shape index (κ3) is 3.47. The maximum Gasteiger partial charge on any atom is 0.261 e. The van der Waals surface area contributed by atoms with E-state index in [0.717, 1.165) is 11.3 Å². The Morgan fingerprint density at radius 2 is 1.84 bits per heavy atom. The fourth-order valence-electron chi connectivity index (χ4n) is 4.12. The third-order valence-corrected chi connectivity index (χ3v) is 6.11. The minimum absolute atomic E-state index is 0.0313. The molecule has 1 amide bonds. The van der Waals surface area contributed by atoms with Crippen LogP contribution in [0.2, 0.25) is 0 Å². The molecule has 162 valence electrons. The minimum Gasteiger partial charge on any atom is -0.339 e. The first kappa shape index (κ1) is 20.1. The summed E-state index contributed by atoms with van der Waals surface area (Å²) in [6.07, 6.45) is 0.311. The Morgan fingerprint density at radius 3 is 2.66 bits per heavy atom. The molecule has 32 heavy (non-hydrogen) atoms. The fourth-order valence-corrected chi connectivity index (χ4v) is 4.12. The van der Waals surface area contributed by atoms with Gasteiger partial charge in [0.05, 0.1) is 23.4 Å². The number of fused-ring (bicyclic) bond motifs is 1. The predicted molar refractivity (Wildman–Crippen MR) is 120 cm³/mol. The highest BCUT2D eigenvalue weighted by Crippen LogP contribution is 2.31. The van der Waals surface area contributed by atoms with Crippen molar-refractivity contribution in [3.63, 3.8) is 0 Å². The Balaban J connectivity index is 1.38. The molecule has 8 heteroatoms. The van der Waals surface area contributed by atoms with Gasteiger partial charge in [-0.15, -0.1) is 0 Å². The molecule has 5 rings (SSSR count). The highest BCUT2D eigenvalue weighted by atomic mass is 16.5. The second-order valence-electron chi connectivity index (χ2n) is 8.29. The molecule has 2 aromatic carbocycles. The molecule has 4 aromatic rings. The maximum atomic E-state index is 12.9. The van der Waals surface area contributed by atoms with E-state index in [4.69, 9.17) is 4.52 Å². The number of hydrogen-bond acceptors (Lipinski definition) is 6. The maximum absolute atomic E-state index is 12.9. The first-order valence-corrected chi connectivity index (χ1v) is 10.6. The lowest BCUT2D eigenvalue weighted by molar-refractivity contribution is -0.117. The van der Waals surface area contributed by atoms with Crippen molar-refractivity contribution in [3.8, 4) is 0 Å². The summed E-state index contributed by atoms with van der Waals surface area (Å²) in [5.74, 6) is 1.23. The Labute approximate surface area is 184 Å². The molecular weight excluding hydrogens is 406 g/mol. The second kappa shape index (κ2) is 7.71. The van der Waals surface area contributed by atoms with Crippen LogP contribution in [-0.2, 0) is 11.3 Å². The van der Waals surface area contributed by atoms with Gasteiger partial charge in [0.15, 0.2) is 5.82 Å². The van der Waals surface area contributed by atoms with Gasteiger partial charge in [-0.3, -0.25) is 14.2 Å². The summed E-state index contributed by atoms with van der Waals surface area (Å²) in [7, 11) is 0. The molecule has 0 bridgehead atoms. The lowest BCUT2D eigenvalue weighted by Gasteiger charge is -2.17. The smallest absolute Gasteiger partial charge is 0.261 e. The number of carbonyl (C=O) groups is 1. The monoisotopic (exact) mass is 429 g/mol. The van der Waals surface area contributed by atoms with Gasteiger partial charge in [0.2, 0.25) is 11.8 Å². The number of anilines is 1. The highest BCUT2D eigenvalue weighted by molar-refractivity contribution is 5.96. The average Bonchev–Trinajstić information content (AvgIpc) is 3.40. The van der Waals surface area contributed by atoms with Crippen LogP contribution >= 0.6 is 0 Å². The van der Waals surface area contributed by atoms with Gasteiger partial charge >= 0.3 is 0 Å². The van der Waals surface area contributed by atoms with Gasteiger partial charge in [-0.1, -0.05) is 23.4 Å². The van der Waals surface area contributed by atoms with Gasteiger partial charge in [-0.25, -0.2) is 4.98 Å². The first-order valence-electron chi connectivity index (χ1n) is 10.6. The molecule has 3 heterocycles. The molecule has 1 aliphatic heterocycles. The average molecular weight is 429 g/mol. The number of amides is 1. The summed E-state index contributed by atoms with van der Waals surface area (Å²) < 4.78 is 7.03. The van der Waals surface area contributed by atoms with Crippen LogP contribution in [0.4, 0.5) is 5.69 Å². The number of para-hydroxylation sites is 1. The van der Waals surface area contributed by atoms with Gasteiger partial charge in [0.25, 0.3) is 5.56 Å². The van der Waals surface area contributed by atoms with Crippen LogP contribution < -0.4 is 10.5 Å². The van der Waals surface area contributed by atoms with Crippen molar-refractivity contribution in [2.24, 2.45) is 0 Å². The third-order valence-electron chi connectivity index (χ3n) is 6.11. The van der Waals surface area contributed by atoms with Gasteiger partial charge in [-0.2, -0.15) is 4.98 Å². The summed E-state index contributed by atoms with van der Waals surface area (Å²) in [6.45, 7) is 6.51. The first-order chi connectivity index (χ1) is 15.4. The normalized spacial score (nSPS) is 16.3. The molecular formula is C24H23N5O3. The summed E-state index contributed by atoms with van der Waals surface area (Å²) in [6, 6.07) is 13.3. The van der Waals surface area contributed by atoms with Crippen molar-refractivity contribution >= 4 is 22.5 Å². The van der Waals surface area contributed by atoms with E-state index in [1.165, 1.54) is 10.1 Å². The van der Waals surface area contributed by atoms with Crippen molar-refractivity contribution in [2.75, 3.05) is 11.4 Å². The van der Waals surface area contributed by atoms with E-state index in [2.05, 4.69) is 15.1 Å².